The molecular weight excluding hydrogens is 327 g/mol. The fraction of sp³-hybridized carbons (Fsp3) is 0.158. The number of hydrogen-bond acceptors (Lipinski definition) is 2. The largest absolute Gasteiger partial charge is 0.345 e. The first-order chi connectivity index (χ1) is 11.4. The molecule has 0 aliphatic rings. The molecule has 1 N–H and O–H groups in total. The lowest BCUT2D eigenvalue weighted by molar-refractivity contribution is -0.117. The van der Waals surface area contributed by atoms with Crippen molar-refractivity contribution in [1.82, 2.24) is 5.32 Å². The van der Waals surface area contributed by atoms with E-state index in [-0.39, 0.29) is 22.2 Å². The number of carbonyl (C=O) groups excluding carboxylic acids is 1. The normalized spacial score (nSPS) is 12.4. The standard InChI is InChI=1S/C19H16ClFN2O/c1-12-8-9-17(20)16(18(12)21)10-15(11-22)19(24)23-13(2)14-6-4-3-5-7-14/h3-10,13H,1-2H3,(H,23,24). The number of rotatable bonds is 4. The van der Waals surface area contributed by atoms with Crippen LogP contribution in [0.5, 0.6) is 0 Å². The first-order valence-electron chi connectivity index (χ1n) is 7.36. The molecule has 122 valence electrons. The third kappa shape index (κ3) is 4.01. The van der Waals surface area contributed by atoms with Crippen LogP contribution in [0.2, 0.25) is 5.02 Å². The van der Waals surface area contributed by atoms with Gasteiger partial charge in [0.1, 0.15) is 17.5 Å². The third-order valence-corrected chi connectivity index (χ3v) is 3.95. The predicted octanol–water partition coefficient (Wildman–Crippen LogP) is 4.57. The van der Waals surface area contributed by atoms with Gasteiger partial charge in [0.2, 0.25) is 0 Å². The molecule has 1 unspecified atom stereocenters. The fourth-order valence-corrected chi connectivity index (χ4v) is 2.40. The zero-order valence-electron chi connectivity index (χ0n) is 13.3. The van der Waals surface area contributed by atoms with E-state index in [4.69, 9.17) is 11.6 Å². The summed E-state index contributed by atoms with van der Waals surface area (Å²) in [6.07, 6.45) is 1.18. The quantitative estimate of drug-likeness (QED) is 0.653. The van der Waals surface area contributed by atoms with Crippen molar-refractivity contribution >= 4 is 23.6 Å². The first-order valence-corrected chi connectivity index (χ1v) is 7.74. The second kappa shape index (κ2) is 7.76. The van der Waals surface area contributed by atoms with E-state index in [9.17, 15) is 14.4 Å². The minimum absolute atomic E-state index is 0.0377. The lowest BCUT2D eigenvalue weighted by Gasteiger charge is -2.14. The Balaban J connectivity index is 2.27. The molecule has 0 saturated carbocycles. The van der Waals surface area contributed by atoms with Gasteiger partial charge in [-0.25, -0.2) is 4.39 Å². The second-order valence-corrected chi connectivity index (χ2v) is 5.77. The van der Waals surface area contributed by atoms with E-state index in [2.05, 4.69) is 5.32 Å². The molecule has 2 aromatic carbocycles. The van der Waals surface area contributed by atoms with Crippen LogP contribution < -0.4 is 5.32 Å². The summed E-state index contributed by atoms with van der Waals surface area (Å²) in [4.78, 5) is 12.3. The second-order valence-electron chi connectivity index (χ2n) is 5.37. The topological polar surface area (TPSA) is 52.9 Å². The van der Waals surface area contributed by atoms with Crippen LogP contribution in [-0.4, -0.2) is 5.91 Å². The average molecular weight is 343 g/mol. The minimum Gasteiger partial charge on any atom is -0.345 e. The number of nitrogens with zero attached hydrogens (tertiary/aromatic N) is 1. The Bertz CT molecular complexity index is 825. The highest BCUT2D eigenvalue weighted by atomic mass is 35.5. The van der Waals surface area contributed by atoms with Crippen molar-refractivity contribution in [2.75, 3.05) is 0 Å². The maximum atomic E-state index is 14.2. The zero-order valence-corrected chi connectivity index (χ0v) is 14.1. The molecule has 2 aromatic rings. The Kier molecular flexibility index (Phi) is 5.73. The molecule has 0 aliphatic heterocycles. The maximum Gasteiger partial charge on any atom is 0.262 e. The SMILES string of the molecule is Cc1ccc(Cl)c(C=C(C#N)C(=O)NC(C)c2ccccc2)c1F. The molecular formula is C19H16ClFN2O. The van der Waals surface area contributed by atoms with Gasteiger partial charge >= 0.3 is 0 Å². The highest BCUT2D eigenvalue weighted by molar-refractivity contribution is 6.32. The monoisotopic (exact) mass is 342 g/mol. The van der Waals surface area contributed by atoms with Gasteiger partial charge in [-0.15, -0.1) is 0 Å². The first kappa shape index (κ1) is 17.7. The molecule has 5 heteroatoms. The molecule has 2 rings (SSSR count). The van der Waals surface area contributed by atoms with Gasteiger partial charge < -0.3 is 5.32 Å². The highest BCUT2D eigenvalue weighted by Gasteiger charge is 2.16. The van der Waals surface area contributed by atoms with Crippen LogP contribution in [0.1, 0.15) is 29.7 Å². The summed E-state index contributed by atoms with van der Waals surface area (Å²) >= 11 is 5.98. The van der Waals surface area contributed by atoms with Crippen molar-refractivity contribution in [3.05, 3.63) is 75.6 Å². The van der Waals surface area contributed by atoms with Crippen molar-refractivity contribution in [2.24, 2.45) is 0 Å². The summed E-state index contributed by atoms with van der Waals surface area (Å²) in [6, 6.07) is 13.9. The fourth-order valence-electron chi connectivity index (χ4n) is 2.20. The molecule has 3 nitrogen and oxygen atoms in total. The minimum atomic E-state index is -0.578. The number of hydrogen-bond donors (Lipinski definition) is 1. The Labute approximate surface area is 145 Å². The van der Waals surface area contributed by atoms with Gasteiger partial charge in [0, 0.05) is 5.56 Å². The van der Waals surface area contributed by atoms with Crippen LogP contribution >= 0.6 is 11.6 Å². The van der Waals surface area contributed by atoms with E-state index in [0.717, 1.165) is 5.56 Å². The molecule has 1 amide bonds. The van der Waals surface area contributed by atoms with E-state index in [1.54, 1.807) is 19.1 Å². The van der Waals surface area contributed by atoms with Gasteiger partial charge in [-0.05, 0) is 37.1 Å². The zero-order chi connectivity index (χ0) is 17.7. The van der Waals surface area contributed by atoms with Gasteiger partial charge in [0.15, 0.2) is 0 Å². The molecule has 1 atom stereocenters. The van der Waals surface area contributed by atoms with Crippen LogP contribution in [0.15, 0.2) is 48.0 Å². The van der Waals surface area contributed by atoms with E-state index in [1.807, 2.05) is 37.3 Å². The molecule has 0 radical (unpaired) electrons. The van der Waals surface area contributed by atoms with Crippen molar-refractivity contribution in [2.45, 2.75) is 19.9 Å². The lowest BCUT2D eigenvalue weighted by atomic mass is 10.1. The van der Waals surface area contributed by atoms with E-state index < -0.39 is 11.7 Å². The molecule has 0 spiro atoms. The Morgan fingerprint density at radius 3 is 2.58 bits per heavy atom. The summed E-state index contributed by atoms with van der Waals surface area (Å²) in [5, 5.41) is 12.1. The average Bonchev–Trinajstić information content (AvgIpc) is 2.59. The van der Waals surface area contributed by atoms with Gasteiger partial charge in [-0.1, -0.05) is 48.0 Å². The molecule has 0 bridgehead atoms. The smallest absolute Gasteiger partial charge is 0.262 e. The van der Waals surface area contributed by atoms with Gasteiger partial charge in [-0.2, -0.15) is 5.26 Å². The number of halogens is 2. The number of benzene rings is 2. The summed E-state index contributed by atoms with van der Waals surface area (Å²) in [7, 11) is 0. The van der Waals surface area contributed by atoms with Crippen molar-refractivity contribution in [1.29, 1.82) is 5.26 Å². The van der Waals surface area contributed by atoms with E-state index in [0.29, 0.717) is 5.56 Å². The lowest BCUT2D eigenvalue weighted by Crippen LogP contribution is -2.27. The van der Waals surface area contributed by atoms with Crippen LogP contribution in [0, 0.1) is 24.1 Å². The number of nitrogens with one attached hydrogen (secondary N) is 1. The summed E-state index contributed by atoms with van der Waals surface area (Å²) in [5.74, 6) is -1.12. The Hall–Kier alpha value is -2.64. The third-order valence-electron chi connectivity index (χ3n) is 3.62. The molecule has 0 saturated heterocycles. The van der Waals surface area contributed by atoms with Gasteiger partial charge in [0.05, 0.1) is 11.1 Å². The van der Waals surface area contributed by atoms with Crippen LogP contribution in [-0.2, 0) is 4.79 Å². The number of aryl methyl sites for hydroxylation is 1. The number of amides is 1. The Morgan fingerprint density at radius 1 is 1.29 bits per heavy atom. The maximum absolute atomic E-state index is 14.2. The van der Waals surface area contributed by atoms with Crippen molar-refractivity contribution in [3.8, 4) is 6.07 Å². The molecule has 24 heavy (non-hydrogen) atoms. The van der Waals surface area contributed by atoms with Gasteiger partial charge in [-0.3, -0.25) is 4.79 Å². The number of carbonyl (C=O) groups is 1. The Morgan fingerprint density at radius 2 is 1.96 bits per heavy atom. The van der Waals surface area contributed by atoms with Gasteiger partial charge in [0.25, 0.3) is 5.91 Å². The summed E-state index contributed by atoms with van der Waals surface area (Å²) in [5.41, 5.74) is 1.13. The van der Waals surface area contributed by atoms with E-state index >= 15 is 0 Å². The molecule has 0 heterocycles. The van der Waals surface area contributed by atoms with Crippen LogP contribution in [0.25, 0.3) is 6.08 Å². The van der Waals surface area contributed by atoms with Crippen molar-refractivity contribution < 1.29 is 9.18 Å². The summed E-state index contributed by atoms with van der Waals surface area (Å²) in [6.45, 7) is 3.40. The van der Waals surface area contributed by atoms with Crippen LogP contribution in [0.4, 0.5) is 4.39 Å². The molecule has 0 aliphatic carbocycles. The summed E-state index contributed by atoms with van der Waals surface area (Å²) < 4.78 is 14.2. The van der Waals surface area contributed by atoms with Crippen LogP contribution in [0.3, 0.4) is 0 Å². The molecule has 0 fully saturated rings. The molecule has 0 aromatic heterocycles. The van der Waals surface area contributed by atoms with Crippen molar-refractivity contribution in [3.63, 3.8) is 0 Å². The predicted molar refractivity (Wildman–Crippen MR) is 92.7 cm³/mol. The highest BCUT2D eigenvalue weighted by Crippen LogP contribution is 2.24. The number of nitriles is 1. The van der Waals surface area contributed by atoms with E-state index in [1.165, 1.54) is 12.1 Å².